The summed E-state index contributed by atoms with van der Waals surface area (Å²) in [6.45, 7) is 4.46. The van der Waals surface area contributed by atoms with E-state index in [1.165, 1.54) is 11.1 Å². The van der Waals surface area contributed by atoms with Crippen LogP contribution < -0.4 is 10.6 Å². The van der Waals surface area contributed by atoms with Gasteiger partial charge in [-0.15, -0.1) is 24.0 Å². The van der Waals surface area contributed by atoms with E-state index in [0.29, 0.717) is 6.61 Å². The first kappa shape index (κ1) is 22.1. The molecule has 0 aromatic heterocycles. The molecule has 0 aliphatic carbocycles. The van der Waals surface area contributed by atoms with E-state index in [1.807, 2.05) is 12.1 Å². The molecule has 0 spiro atoms. The van der Waals surface area contributed by atoms with E-state index in [-0.39, 0.29) is 30.1 Å². The molecule has 1 aliphatic rings. The topological polar surface area (TPSA) is 64.1 Å². The first-order valence-corrected chi connectivity index (χ1v) is 8.53. The molecule has 1 unspecified atom stereocenters. The second kappa shape index (κ2) is 13.3. The molecule has 0 bridgehead atoms. The maximum Gasteiger partial charge on any atom is 0.191 e. The number of aliphatic imine (C=N–C) groups is 1. The first-order valence-electron chi connectivity index (χ1n) is 8.53. The van der Waals surface area contributed by atoms with E-state index in [9.17, 15) is 0 Å². The van der Waals surface area contributed by atoms with Crippen LogP contribution in [0.15, 0.2) is 29.3 Å². The van der Waals surface area contributed by atoms with Gasteiger partial charge in [-0.05, 0) is 24.0 Å². The highest BCUT2D eigenvalue weighted by Crippen LogP contribution is 2.09. The third-order valence-electron chi connectivity index (χ3n) is 3.94. The van der Waals surface area contributed by atoms with Crippen LogP contribution in [0, 0.1) is 0 Å². The highest BCUT2D eigenvalue weighted by Gasteiger charge is 2.15. The minimum atomic E-state index is 0. The molecule has 1 aromatic rings. The quantitative estimate of drug-likeness (QED) is 0.255. The van der Waals surface area contributed by atoms with Crippen LogP contribution in [0.1, 0.15) is 24.0 Å². The van der Waals surface area contributed by atoms with E-state index in [4.69, 9.17) is 14.2 Å². The average molecular weight is 463 g/mol. The minimum Gasteiger partial charge on any atom is -0.380 e. The highest BCUT2D eigenvalue weighted by atomic mass is 127. The van der Waals surface area contributed by atoms with Gasteiger partial charge in [0.15, 0.2) is 5.96 Å². The number of rotatable bonds is 9. The second-order valence-electron chi connectivity index (χ2n) is 5.76. The van der Waals surface area contributed by atoms with E-state index in [1.54, 1.807) is 14.2 Å². The summed E-state index contributed by atoms with van der Waals surface area (Å²) < 4.78 is 16.3. The summed E-state index contributed by atoms with van der Waals surface area (Å²) in [5.41, 5.74) is 2.40. The molecular weight excluding hydrogens is 433 g/mol. The Balaban J connectivity index is 0.00000312. The summed E-state index contributed by atoms with van der Waals surface area (Å²) in [6.07, 6.45) is 2.23. The fourth-order valence-corrected chi connectivity index (χ4v) is 2.60. The van der Waals surface area contributed by atoms with Gasteiger partial charge < -0.3 is 24.8 Å². The molecule has 7 heteroatoms. The Morgan fingerprint density at radius 1 is 1.28 bits per heavy atom. The summed E-state index contributed by atoms with van der Waals surface area (Å²) in [4.78, 5) is 4.26. The van der Waals surface area contributed by atoms with Crippen LogP contribution in [0.3, 0.4) is 0 Å². The molecule has 25 heavy (non-hydrogen) atoms. The molecule has 2 rings (SSSR count). The zero-order valence-electron chi connectivity index (χ0n) is 15.1. The molecule has 2 N–H and O–H groups in total. The molecular formula is C18H30IN3O3. The number of methoxy groups -OCH3 is 1. The summed E-state index contributed by atoms with van der Waals surface area (Å²) in [6, 6.07) is 8.25. The van der Waals surface area contributed by atoms with Crippen molar-refractivity contribution in [1.29, 1.82) is 0 Å². The summed E-state index contributed by atoms with van der Waals surface area (Å²) in [5, 5.41) is 6.65. The van der Waals surface area contributed by atoms with Crippen molar-refractivity contribution in [2.24, 2.45) is 4.99 Å². The molecule has 1 fully saturated rings. The van der Waals surface area contributed by atoms with Crippen LogP contribution >= 0.6 is 24.0 Å². The van der Waals surface area contributed by atoms with Gasteiger partial charge in [0.25, 0.3) is 0 Å². The molecule has 1 atom stereocenters. The molecule has 0 radical (unpaired) electrons. The monoisotopic (exact) mass is 463 g/mol. The SMILES string of the molecule is CN=C(NCCCOC1CCOC1)NCc1ccccc1COC.I. The van der Waals surface area contributed by atoms with Crippen LogP contribution in [0.4, 0.5) is 0 Å². The molecule has 0 saturated carbocycles. The third-order valence-corrected chi connectivity index (χ3v) is 3.94. The Kier molecular flexibility index (Phi) is 11.8. The number of ether oxygens (including phenoxy) is 3. The Morgan fingerprint density at radius 2 is 2.08 bits per heavy atom. The van der Waals surface area contributed by atoms with Crippen molar-refractivity contribution < 1.29 is 14.2 Å². The standard InChI is InChI=1S/C18H29N3O3.HI/c1-19-18(20-9-5-10-24-17-8-11-23-14-17)21-12-15-6-3-4-7-16(15)13-22-2;/h3-4,6-7,17H,5,8-14H2,1-2H3,(H2,19,20,21);1H. The number of nitrogens with one attached hydrogen (secondary N) is 2. The molecule has 6 nitrogen and oxygen atoms in total. The van der Waals surface area contributed by atoms with Crippen molar-refractivity contribution in [2.45, 2.75) is 32.1 Å². The number of hydrogen-bond acceptors (Lipinski definition) is 4. The molecule has 1 aliphatic heterocycles. The van der Waals surface area contributed by atoms with Gasteiger partial charge in [-0.2, -0.15) is 0 Å². The van der Waals surface area contributed by atoms with Gasteiger partial charge >= 0.3 is 0 Å². The van der Waals surface area contributed by atoms with Crippen molar-refractivity contribution in [2.75, 3.05) is 40.5 Å². The van der Waals surface area contributed by atoms with Gasteiger partial charge in [-0.25, -0.2) is 0 Å². The lowest BCUT2D eigenvalue weighted by atomic mass is 10.1. The predicted octanol–water partition coefficient (Wildman–Crippen LogP) is 2.31. The number of guanidine groups is 1. The molecule has 1 heterocycles. The first-order chi connectivity index (χ1) is 11.8. The van der Waals surface area contributed by atoms with Gasteiger partial charge in [-0.3, -0.25) is 4.99 Å². The normalized spacial score (nSPS) is 17.2. The van der Waals surface area contributed by atoms with Crippen LogP contribution in [0.25, 0.3) is 0 Å². The molecule has 1 aromatic carbocycles. The summed E-state index contributed by atoms with van der Waals surface area (Å²) in [5.74, 6) is 0.798. The Bertz CT molecular complexity index is 508. The fourth-order valence-electron chi connectivity index (χ4n) is 2.60. The van der Waals surface area contributed by atoms with E-state index >= 15 is 0 Å². The van der Waals surface area contributed by atoms with Crippen molar-refractivity contribution in [3.05, 3.63) is 35.4 Å². The third kappa shape index (κ3) is 8.35. The van der Waals surface area contributed by atoms with Crippen LogP contribution in [0.5, 0.6) is 0 Å². The Labute approximate surface area is 167 Å². The maximum absolute atomic E-state index is 5.75. The van der Waals surface area contributed by atoms with Gasteiger partial charge in [0.05, 0.1) is 19.3 Å². The van der Waals surface area contributed by atoms with Crippen molar-refractivity contribution in [3.63, 3.8) is 0 Å². The van der Waals surface area contributed by atoms with Gasteiger partial charge in [-0.1, -0.05) is 24.3 Å². The predicted molar refractivity (Wildman–Crippen MR) is 111 cm³/mol. The second-order valence-corrected chi connectivity index (χ2v) is 5.76. The van der Waals surface area contributed by atoms with Crippen molar-refractivity contribution >= 4 is 29.9 Å². The fraction of sp³-hybridized carbons (Fsp3) is 0.611. The van der Waals surface area contributed by atoms with Gasteiger partial charge in [0.1, 0.15) is 0 Å². The van der Waals surface area contributed by atoms with Crippen LogP contribution in [-0.2, 0) is 27.4 Å². The van der Waals surface area contributed by atoms with Gasteiger partial charge in [0.2, 0.25) is 0 Å². The van der Waals surface area contributed by atoms with Crippen LogP contribution in [-0.4, -0.2) is 52.6 Å². The number of hydrogen-bond donors (Lipinski definition) is 2. The van der Waals surface area contributed by atoms with Crippen molar-refractivity contribution in [3.8, 4) is 0 Å². The Morgan fingerprint density at radius 3 is 2.76 bits per heavy atom. The molecule has 0 amide bonds. The highest BCUT2D eigenvalue weighted by molar-refractivity contribution is 14.0. The largest absolute Gasteiger partial charge is 0.380 e. The molecule has 1 saturated heterocycles. The van der Waals surface area contributed by atoms with E-state index in [0.717, 1.165) is 51.7 Å². The van der Waals surface area contributed by atoms with E-state index in [2.05, 4.69) is 27.8 Å². The summed E-state index contributed by atoms with van der Waals surface area (Å²) in [7, 11) is 3.49. The average Bonchev–Trinajstić information content (AvgIpc) is 3.12. The van der Waals surface area contributed by atoms with E-state index < -0.39 is 0 Å². The smallest absolute Gasteiger partial charge is 0.191 e. The molecule has 142 valence electrons. The van der Waals surface area contributed by atoms with Crippen molar-refractivity contribution in [1.82, 2.24) is 10.6 Å². The van der Waals surface area contributed by atoms with Gasteiger partial charge in [0, 0.05) is 40.5 Å². The van der Waals surface area contributed by atoms with Crippen LogP contribution in [0.2, 0.25) is 0 Å². The number of nitrogens with zero attached hydrogens (tertiary/aromatic N) is 1. The number of halogens is 1. The Hall–Kier alpha value is -0.900. The number of benzene rings is 1. The zero-order chi connectivity index (χ0) is 17.0. The zero-order valence-corrected chi connectivity index (χ0v) is 17.5. The minimum absolute atomic E-state index is 0. The lowest BCUT2D eigenvalue weighted by Gasteiger charge is -2.14. The lowest BCUT2D eigenvalue weighted by molar-refractivity contribution is 0.0420. The lowest BCUT2D eigenvalue weighted by Crippen LogP contribution is -2.37. The summed E-state index contributed by atoms with van der Waals surface area (Å²) >= 11 is 0. The maximum atomic E-state index is 5.75.